The van der Waals surface area contributed by atoms with Gasteiger partial charge in [0.25, 0.3) is 0 Å². The highest BCUT2D eigenvalue weighted by atomic mass is 16.5. The average molecular weight is 273 g/mol. The lowest BCUT2D eigenvalue weighted by Gasteiger charge is -2.32. The molecule has 0 amide bonds. The van der Waals surface area contributed by atoms with E-state index in [0.717, 1.165) is 38.3 Å². The summed E-state index contributed by atoms with van der Waals surface area (Å²) in [5.41, 5.74) is 1.07. The maximum absolute atomic E-state index is 9.27. The minimum absolute atomic E-state index is 0.0953. The van der Waals surface area contributed by atoms with E-state index in [4.69, 9.17) is 4.74 Å². The molecule has 0 saturated carbocycles. The zero-order valence-electron chi connectivity index (χ0n) is 12.1. The van der Waals surface area contributed by atoms with Gasteiger partial charge in [0.05, 0.1) is 24.7 Å². The fourth-order valence-electron chi connectivity index (χ4n) is 2.50. The van der Waals surface area contributed by atoms with Crippen molar-refractivity contribution in [2.24, 2.45) is 0 Å². The molecule has 0 radical (unpaired) electrons. The first-order chi connectivity index (χ1) is 9.83. The van der Waals surface area contributed by atoms with E-state index in [9.17, 15) is 5.26 Å². The summed E-state index contributed by atoms with van der Waals surface area (Å²) in [5.74, 6) is -0.0953. The van der Waals surface area contributed by atoms with E-state index in [1.165, 1.54) is 0 Å². The average Bonchev–Trinajstić information content (AvgIpc) is 2.52. The Balaban J connectivity index is 1.76. The van der Waals surface area contributed by atoms with E-state index < -0.39 is 0 Å². The Labute approximate surface area is 121 Å². The number of hydrogen-bond acceptors (Lipinski definition) is 4. The van der Waals surface area contributed by atoms with Crippen molar-refractivity contribution in [2.75, 3.05) is 39.3 Å². The van der Waals surface area contributed by atoms with Gasteiger partial charge < -0.3 is 10.1 Å². The Morgan fingerprint density at radius 3 is 2.95 bits per heavy atom. The molecular weight excluding hydrogens is 250 g/mol. The molecule has 4 heteroatoms. The molecule has 108 valence electrons. The Hall–Kier alpha value is -1.41. The molecule has 20 heavy (non-hydrogen) atoms. The van der Waals surface area contributed by atoms with Crippen molar-refractivity contribution < 1.29 is 4.74 Å². The van der Waals surface area contributed by atoms with Crippen LogP contribution in [-0.4, -0.2) is 50.3 Å². The summed E-state index contributed by atoms with van der Waals surface area (Å²) in [5, 5.41) is 12.6. The number of likely N-dealkylation sites (N-methyl/N-ethyl adjacent to an activating group) is 1. The minimum atomic E-state index is -0.0953. The fraction of sp³-hybridized carbons (Fsp3) is 0.562. The molecular formula is C16H23N3O. The summed E-state index contributed by atoms with van der Waals surface area (Å²) in [4.78, 5) is 2.40. The molecule has 2 atom stereocenters. The monoisotopic (exact) mass is 273 g/mol. The third-order valence-corrected chi connectivity index (χ3v) is 3.75. The zero-order valence-corrected chi connectivity index (χ0v) is 12.1. The molecule has 1 aromatic rings. The van der Waals surface area contributed by atoms with Crippen LogP contribution in [0.3, 0.4) is 0 Å². The number of nitrogens with zero attached hydrogens (tertiary/aromatic N) is 2. The van der Waals surface area contributed by atoms with Gasteiger partial charge in [-0.1, -0.05) is 37.3 Å². The van der Waals surface area contributed by atoms with Crippen LogP contribution in [-0.2, 0) is 4.74 Å². The summed E-state index contributed by atoms with van der Waals surface area (Å²) >= 11 is 0. The van der Waals surface area contributed by atoms with Gasteiger partial charge in [0, 0.05) is 26.2 Å². The van der Waals surface area contributed by atoms with Crippen LogP contribution < -0.4 is 5.32 Å². The molecule has 1 aromatic carbocycles. The van der Waals surface area contributed by atoms with Gasteiger partial charge in [-0.3, -0.25) is 4.90 Å². The Morgan fingerprint density at radius 1 is 1.45 bits per heavy atom. The van der Waals surface area contributed by atoms with Crippen molar-refractivity contribution in [3.63, 3.8) is 0 Å². The van der Waals surface area contributed by atoms with Gasteiger partial charge in [-0.05, 0) is 12.1 Å². The third-order valence-electron chi connectivity index (χ3n) is 3.75. The van der Waals surface area contributed by atoms with Crippen LogP contribution in [0, 0.1) is 11.3 Å². The molecule has 2 unspecified atom stereocenters. The number of nitriles is 1. The predicted molar refractivity (Wildman–Crippen MR) is 79.5 cm³/mol. The molecule has 0 aliphatic carbocycles. The molecule has 1 aliphatic heterocycles. The SMILES string of the molecule is CCN1CCOC(CNCC(C#N)c2ccccc2)C1. The molecule has 1 heterocycles. The number of benzene rings is 1. The maximum atomic E-state index is 9.27. The summed E-state index contributed by atoms with van der Waals surface area (Å²) in [6.07, 6.45) is 0.235. The first-order valence-corrected chi connectivity index (χ1v) is 7.32. The minimum Gasteiger partial charge on any atom is -0.374 e. The Kier molecular flexibility index (Phi) is 6.00. The van der Waals surface area contributed by atoms with E-state index in [1.807, 2.05) is 30.3 Å². The van der Waals surface area contributed by atoms with Crippen LogP contribution in [0.1, 0.15) is 18.4 Å². The number of morpholine rings is 1. The highest BCUT2D eigenvalue weighted by molar-refractivity contribution is 5.24. The molecule has 1 N–H and O–H groups in total. The summed E-state index contributed by atoms with van der Waals surface area (Å²) < 4.78 is 5.74. The Bertz CT molecular complexity index is 429. The van der Waals surface area contributed by atoms with Crippen LogP contribution in [0.4, 0.5) is 0 Å². The lowest BCUT2D eigenvalue weighted by molar-refractivity contribution is -0.0251. The van der Waals surface area contributed by atoms with Gasteiger partial charge in [0.2, 0.25) is 0 Å². The van der Waals surface area contributed by atoms with E-state index >= 15 is 0 Å². The highest BCUT2D eigenvalue weighted by Gasteiger charge is 2.19. The lowest BCUT2D eigenvalue weighted by atomic mass is 10.0. The summed E-state index contributed by atoms with van der Waals surface area (Å²) in [6.45, 7) is 7.54. The standard InChI is InChI=1S/C16H23N3O/c1-2-19-8-9-20-16(13-19)12-18-11-15(10-17)14-6-4-3-5-7-14/h3-7,15-16,18H,2,8-9,11-13H2,1H3. The predicted octanol–water partition coefficient (Wildman–Crippen LogP) is 1.60. The first kappa shape index (κ1) is 15.0. The van der Waals surface area contributed by atoms with Crippen LogP contribution in [0.25, 0.3) is 0 Å². The quantitative estimate of drug-likeness (QED) is 0.855. The van der Waals surface area contributed by atoms with E-state index in [-0.39, 0.29) is 12.0 Å². The summed E-state index contributed by atoms with van der Waals surface area (Å²) in [7, 11) is 0. The lowest BCUT2D eigenvalue weighted by Crippen LogP contribution is -2.46. The van der Waals surface area contributed by atoms with Crippen molar-refractivity contribution in [1.29, 1.82) is 5.26 Å². The molecule has 1 aliphatic rings. The normalized spacial score (nSPS) is 21.3. The van der Waals surface area contributed by atoms with Gasteiger partial charge in [0.1, 0.15) is 0 Å². The zero-order chi connectivity index (χ0) is 14.2. The molecule has 2 rings (SSSR count). The van der Waals surface area contributed by atoms with Crippen molar-refractivity contribution in [3.05, 3.63) is 35.9 Å². The van der Waals surface area contributed by atoms with Crippen LogP contribution >= 0.6 is 0 Å². The smallest absolute Gasteiger partial charge is 0.0837 e. The van der Waals surface area contributed by atoms with Gasteiger partial charge in [0.15, 0.2) is 0 Å². The third kappa shape index (κ3) is 4.31. The number of nitrogens with one attached hydrogen (secondary N) is 1. The van der Waals surface area contributed by atoms with Crippen molar-refractivity contribution in [2.45, 2.75) is 18.9 Å². The number of ether oxygens (including phenoxy) is 1. The number of hydrogen-bond donors (Lipinski definition) is 1. The summed E-state index contributed by atoms with van der Waals surface area (Å²) in [6, 6.07) is 12.3. The van der Waals surface area contributed by atoms with Crippen molar-refractivity contribution >= 4 is 0 Å². The second-order valence-corrected chi connectivity index (χ2v) is 5.14. The fourth-order valence-corrected chi connectivity index (χ4v) is 2.50. The molecule has 0 spiro atoms. The van der Waals surface area contributed by atoms with E-state index in [0.29, 0.717) is 6.54 Å². The van der Waals surface area contributed by atoms with Crippen molar-refractivity contribution in [3.8, 4) is 6.07 Å². The van der Waals surface area contributed by atoms with Crippen LogP contribution in [0.2, 0.25) is 0 Å². The number of rotatable bonds is 6. The first-order valence-electron chi connectivity index (χ1n) is 7.32. The van der Waals surface area contributed by atoms with Gasteiger partial charge in [-0.25, -0.2) is 0 Å². The van der Waals surface area contributed by atoms with E-state index in [1.54, 1.807) is 0 Å². The molecule has 1 fully saturated rings. The van der Waals surface area contributed by atoms with Crippen LogP contribution in [0.15, 0.2) is 30.3 Å². The second kappa shape index (κ2) is 8.01. The van der Waals surface area contributed by atoms with Gasteiger partial charge >= 0.3 is 0 Å². The molecule has 0 aromatic heterocycles. The van der Waals surface area contributed by atoms with Crippen molar-refractivity contribution in [1.82, 2.24) is 10.2 Å². The largest absolute Gasteiger partial charge is 0.374 e. The second-order valence-electron chi connectivity index (χ2n) is 5.14. The topological polar surface area (TPSA) is 48.3 Å². The van der Waals surface area contributed by atoms with Gasteiger partial charge in [-0.2, -0.15) is 5.26 Å². The van der Waals surface area contributed by atoms with Crippen LogP contribution in [0.5, 0.6) is 0 Å². The van der Waals surface area contributed by atoms with E-state index in [2.05, 4.69) is 23.2 Å². The molecule has 0 bridgehead atoms. The highest BCUT2D eigenvalue weighted by Crippen LogP contribution is 2.13. The Morgan fingerprint density at radius 2 is 2.25 bits per heavy atom. The molecule has 4 nitrogen and oxygen atoms in total. The van der Waals surface area contributed by atoms with Gasteiger partial charge in [-0.15, -0.1) is 0 Å². The maximum Gasteiger partial charge on any atom is 0.0837 e. The molecule has 1 saturated heterocycles.